The maximum atomic E-state index is 14.2. The number of rotatable bonds is 14. The average Bonchev–Trinajstić information content (AvgIpc) is 3.00. The number of methoxy groups -OCH3 is 2. The van der Waals surface area contributed by atoms with E-state index in [9.17, 15) is 18.0 Å². The van der Waals surface area contributed by atoms with E-state index in [2.05, 4.69) is 5.32 Å². The van der Waals surface area contributed by atoms with E-state index in [-0.39, 0.29) is 29.3 Å². The summed E-state index contributed by atoms with van der Waals surface area (Å²) in [5.74, 6) is -0.00745. The number of amides is 2. The highest BCUT2D eigenvalue weighted by Crippen LogP contribution is 2.33. The van der Waals surface area contributed by atoms with Crippen LogP contribution in [0.4, 0.5) is 5.69 Å². The normalized spacial score (nSPS) is 11.8. The summed E-state index contributed by atoms with van der Waals surface area (Å²) in [6.45, 7) is 3.23. The number of nitrogens with one attached hydrogen (secondary N) is 1. The number of carbonyl (C=O) groups is 2. The summed E-state index contributed by atoms with van der Waals surface area (Å²) in [6.07, 6.45) is 0.249. The summed E-state index contributed by atoms with van der Waals surface area (Å²) >= 11 is 12.8. The van der Waals surface area contributed by atoms with Crippen LogP contribution in [0, 0.1) is 0 Å². The number of likely N-dealkylation sites (N-methyl/N-ethyl adjacent to an activating group) is 1. The van der Waals surface area contributed by atoms with E-state index in [1.165, 1.54) is 44.4 Å². The van der Waals surface area contributed by atoms with Gasteiger partial charge in [0.1, 0.15) is 18.3 Å². The zero-order valence-electron chi connectivity index (χ0n) is 24.6. The lowest BCUT2D eigenvalue weighted by Gasteiger charge is -2.33. The van der Waals surface area contributed by atoms with Crippen molar-refractivity contribution in [2.75, 3.05) is 38.7 Å². The second-order valence-corrected chi connectivity index (χ2v) is 11.9. The number of halogens is 2. The highest BCUT2D eigenvalue weighted by molar-refractivity contribution is 7.92. The third-order valence-corrected chi connectivity index (χ3v) is 9.16. The Morgan fingerprint density at radius 1 is 0.930 bits per heavy atom. The number of ether oxygens (including phenoxy) is 3. The molecule has 0 aliphatic rings. The van der Waals surface area contributed by atoms with Crippen LogP contribution in [0.15, 0.2) is 65.6 Å². The van der Waals surface area contributed by atoms with Crippen molar-refractivity contribution in [2.24, 2.45) is 0 Å². The maximum Gasteiger partial charge on any atom is 0.264 e. The van der Waals surface area contributed by atoms with Crippen LogP contribution in [0.25, 0.3) is 0 Å². The molecule has 0 saturated heterocycles. The molecule has 0 fully saturated rings. The Balaban J connectivity index is 2.14. The Morgan fingerprint density at radius 2 is 1.56 bits per heavy atom. The molecule has 3 aromatic rings. The topological polar surface area (TPSA) is 114 Å². The second kappa shape index (κ2) is 15.2. The molecule has 0 bridgehead atoms. The summed E-state index contributed by atoms with van der Waals surface area (Å²) in [5, 5.41) is 3.19. The third-order valence-electron chi connectivity index (χ3n) is 6.68. The highest BCUT2D eigenvalue weighted by atomic mass is 35.5. The van der Waals surface area contributed by atoms with Crippen molar-refractivity contribution in [1.82, 2.24) is 10.2 Å². The van der Waals surface area contributed by atoms with Crippen LogP contribution in [-0.2, 0) is 26.2 Å². The van der Waals surface area contributed by atoms with E-state index < -0.39 is 34.4 Å². The van der Waals surface area contributed by atoms with Crippen LogP contribution in [0.3, 0.4) is 0 Å². The van der Waals surface area contributed by atoms with Crippen LogP contribution in [0.1, 0.15) is 25.8 Å². The molecular formula is C30H35Cl2N3O7S. The van der Waals surface area contributed by atoms with Crippen LogP contribution < -0.4 is 23.8 Å². The van der Waals surface area contributed by atoms with Gasteiger partial charge in [-0.15, -0.1) is 0 Å². The Kier molecular flexibility index (Phi) is 11.9. The van der Waals surface area contributed by atoms with E-state index in [4.69, 9.17) is 37.4 Å². The molecule has 43 heavy (non-hydrogen) atoms. The molecule has 1 N–H and O–H groups in total. The van der Waals surface area contributed by atoms with E-state index in [0.717, 1.165) is 4.31 Å². The van der Waals surface area contributed by atoms with Crippen LogP contribution in [-0.4, -0.2) is 65.6 Å². The van der Waals surface area contributed by atoms with Gasteiger partial charge in [0.15, 0.2) is 11.5 Å². The first kappa shape index (κ1) is 33.8. The van der Waals surface area contributed by atoms with Crippen molar-refractivity contribution in [3.63, 3.8) is 0 Å². The molecule has 0 aliphatic heterocycles. The van der Waals surface area contributed by atoms with Gasteiger partial charge in [-0.3, -0.25) is 13.9 Å². The summed E-state index contributed by atoms with van der Waals surface area (Å²) in [6, 6.07) is 14.4. The van der Waals surface area contributed by atoms with E-state index >= 15 is 0 Å². The molecule has 0 unspecified atom stereocenters. The minimum Gasteiger partial charge on any atom is -0.494 e. The number of hydrogen-bond donors (Lipinski definition) is 1. The van der Waals surface area contributed by atoms with Crippen molar-refractivity contribution in [3.8, 4) is 17.2 Å². The number of carbonyl (C=O) groups excluding carboxylic acids is 2. The Morgan fingerprint density at radius 3 is 2.09 bits per heavy atom. The molecule has 1 atom stereocenters. The molecule has 0 radical (unpaired) electrons. The Bertz CT molecular complexity index is 1510. The fraction of sp³-hybridized carbons (Fsp3) is 0.333. The van der Waals surface area contributed by atoms with Crippen molar-refractivity contribution >= 4 is 50.7 Å². The molecule has 13 heteroatoms. The molecule has 232 valence electrons. The zero-order valence-corrected chi connectivity index (χ0v) is 26.9. The standard InChI is InChI=1S/C30H35Cl2N3O7S/c1-6-26(30(37)33-3)34(18-23-24(31)9-8-10-25(23)32)29(36)19-35(20-11-13-21(14-12-20)42-7-2)43(38,39)22-15-16-27(40-4)28(17-22)41-5/h8-17,26H,6-7,18-19H2,1-5H3,(H,33,37)/t26-/m1/s1. The number of sulfonamides is 1. The number of anilines is 1. The van der Waals surface area contributed by atoms with Gasteiger partial charge in [-0.1, -0.05) is 36.2 Å². The van der Waals surface area contributed by atoms with Gasteiger partial charge >= 0.3 is 0 Å². The van der Waals surface area contributed by atoms with Gasteiger partial charge in [-0.25, -0.2) is 8.42 Å². The third kappa shape index (κ3) is 7.84. The van der Waals surface area contributed by atoms with Crippen LogP contribution in [0.5, 0.6) is 17.2 Å². The Hall–Kier alpha value is -3.67. The molecule has 0 heterocycles. The van der Waals surface area contributed by atoms with E-state index in [1.807, 2.05) is 6.92 Å². The van der Waals surface area contributed by atoms with Crippen molar-refractivity contribution in [3.05, 3.63) is 76.3 Å². The fourth-order valence-electron chi connectivity index (χ4n) is 4.45. The van der Waals surface area contributed by atoms with Gasteiger partial charge < -0.3 is 24.4 Å². The predicted octanol–water partition coefficient (Wildman–Crippen LogP) is 5.16. The quantitative estimate of drug-likeness (QED) is 0.256. The first-order chi connectivity index (χ1) is 20.5. The second-order valence-electron chi connectivity index (χ2n) is 9.22. The maximum absolute atomic E-state index is 14.2. The SMILES string of the molecule is CCOc1ccc(N(CC(=O)N(Cc2c(Cl)cccc2Cl)[C@H](CC)C(=O)NC)S(=O)(=O)c2ccc(OC)c(OC)c2)cc1. The average molecular weight is 653 g/mol. The number of nitrogens with zero attached hydrogens (tertiary/aromatic N) is 2. The van der Waals surface area contributed by atoms with Gasteiger partial charge in [-0.05, 0) is 61.9 Å². The van der Waals surface area contributed by atoms with E-state index in [0.29, 0.717) is 33.7 Å². The van der Waals surface area contributed by atoms with E-state index in [1.54, 1.807) is 49.4 Å². The van der Waals surface area contributed by atoms with Crippen molar-refractivity contribution in [1.29, 1.82) is 0 Å². The molecule has 0 aromatic heterocycles. The monoisotopic (exact) mass is 651 g/mol. The lowest BCUT2D eigenvalue weighted by Crippen LogP contribution is -2.51. The number of hydrogen-bond acceptors (Lipinski definition) is 7. The molecule has 10 nitrogen and oxygen atoms in total. The van der Waals surface area contributed by atoms with Crippen molar-refractivity contribution in [2.45, 2.75) is 37.8 Å². The van der Waals surface area contributed by atoms with Gasteiger partial charge in [0, 0.05) is 35.3 Å². The number of benzene rings is 3. The lowest BCUT2D eigenvalue weighted by atomic mass is 10.1. The Labute approximate surface area is 262 Å². The molecule has 3 rings (SSSR count). The molecule has 3 aromatic carbocycles. The van der Waals surface area contributed by atoms with Gasteiger partial charge in [0.05, 0.1) is 31.4 Å². The first-order valence-electron chi connectivity index (χ1n) is 13.4. The summed E-state index contributed by atoms with van der Waals surface area (Å²) in [7, 11) is -0.0638. The predicted molar refractivity (Wildman–Crippen MR) is 167 cm³/mol. The fourth-order valence-corrected chi connectivity index (χ4v) is 6.40. The minimum absolute atomic E-state index is 0.128. The highest BCUT2D eigenvalue weighted by Gasteiger charge is 2.34. The molecular weight excluding hydrogens is 617 g/mol. The first-order valence-corrected chi connectivity index (χ1v) is 15.6. The van der Waals surface area contributed by atoms with Gasteiger partial charge in [0.2, 0.25) is 11.8 Å². The van der Waals surface area contributed by atoms with Crippen molar-refractivity contribution < 1.29 is 32.2 Å². The molecule has 0 aliphatic carbocycles. The van der Waals surface area contributed by atoms with Gasteiger partial charge in [-0.2, -0.15) is 0 Å². The smallest absolute Gasteiger partial charge is 0.264 e. The van der Waals surface area contributed by atoms with Crippen LogP contribution >= 0.6 is 23.2 Å². The van der Waals surface area contributed by atoms with Gasteiger partial charge in [0.25, 0.3) is 10.0 Å². The zero-order chi connectivity index (χ0) is 31.7. The molecule has 0 saturated carbocycles. The lowest BCUT2D eigenvalue weighted by molar-refractivity contribution is -0.140. The molecule has 0 spiro atoms. The largest absolute Gasteiger partial charge is 0.494 e. The molecule has 2 amide bonds. The summed E-state index contributed by atoms with van der Waals surface area (Å²) in [5.41, 5.74) is 0.632. The van der Waals surface area contributed by atoms with Crippen LogP contribution in [0.2, 0.25) is 10.0 Å². The summed E-state index contributed by atoms with van der Waals surface area (Å²) < 4.78 is 45.4. The summed E-state index contributed by atoms with van der Waals surface area (Å²) in [4.78, 5) is 28.2. The minimum atomic E-state index is -4.36.